The maximum Gasteiger partial charge on any atom is 0.237 e. The lowest BCUT2D eigenvalue weighted by atomic mass is 10.1. The molecule has 5 nitrogen and oxygen atoms in total. The first-order valence-corrected chi connectivity index (χ1v) is 8.12. The quantitative estimate of drug-likeness (QED) is 0.658. The third kappa shape index (κ3) is 8.63. The van der Waals surface area contributed by atoms with E-state index < -0.39 is 0 Å². The van der Waals surface area contributed by atoms with Crippen molar-refractivity contribution in [3.8, 4) is 0 Å². The average Bonchev–Trinajstić information content (AvgIpc) is 2.59. The van der Waals surface area contributed by atoms with E-state index in [9.17, 15) is 4.79 Å². The summed E-state index contributed by atoms with van der Waals surface area (Å²) in [6.07, 6.45) is 1.75. The number of pyridine rings is 1. The second kappa shape index (κ2) is 13.5. The summed E-state index contributed by atoms with van der Waals surface area (Å²) in [5.41, 5.74) is 3.20. The van der Waals surface area contributed by atoms with Crippen LogP contribution in [-0.2, 0) is 22.6 Å². The van der Waals surface area contributed by atoms with Crippen LogP contribution in [0.5, 0.6) is 0 Å². The van der Waals surface area contributed by atoms with E-state index in [0.29, 0.717) is 32.8 Å². The molecule has 0 aliphatic heterocycles. The topological polar surface area (TPSA) is 54.5 Å². The molecule has 0 saturated carbocycles. The highest BCUT2D eigenvalue weighted by Crippen LogP contribution is 2.10. The van der Waals surface area contributed by atoms with Gasteiger partial charge in [-0.05, 0) is 24.6 Å². The first kappa shape index (κ1) is 24.3. The third-order valence-electron chi connectivity index (χ3n) is 3.65. The summed E-state index contributed by atoms with van der Waals surface area (Å²) in [6, 6.07) is 14.0. The predicted molar refractivity (Wildman–Crippen MR) is 109 cm³/mol. The molecule has 2 rings (SSSR count). The highest BCUT2D eigenvalue weighted by atomic mass is 35.5. The highest BCUT2D eigenvalue weighted by molar-refractivity contribution is 5.85. The number of ether oxygens (including phenoxy) is 1. The van der Waals surface area contributed by atoms with Crippen LogP contribution in [0, 0.1) is 6.92 Å². The molecule has 7 heteroatoms. The smallest absolute Gasteiger partial charge is 0.237 e. The molecule has 0 aliphatic carbocycles. The molecule has 1 heterocycles. The van der Waals surface area contributed by atoms with Crippen LogP contribution in [-0.4, -0.2) is 42.6 Å². The minimum absolute atomic E-state index is 0. The maximum atomic E-state index is 12.6. The molecule has 0 radical (unpaired) electrons. The summed E-state index contributed by atoms with van der Waals surface area (Å²) in [5, 5.41) is 3.11. The largest absolute Gasteiger partial charge is 0.383 e. The lowest BCUT2D eigenvalue weighted by Crippen LogP contribution is -2.38. The van der Waals surface area contributed by atoms with E-state index in [1.807, 2.05) is 35.2 Å². The number of hydrogen-bond donors (Lipinski definition) is 1. The van der Waals surface area contributed by atoms with Crippen molar-refractivity contribution in [2.45, 2.75) is 20.0 Å². The fourth-order valence-electron chi connectivity index (χ4n) is 2.43. The number of nitrogens with zero attached hydrogens (tertiary/aromatic N) is 2. The van der Waals surface area contributed by atoms with Gasteiger partial charge in [0.15, 0.2) is 0 Å². The van der Waals surface area contributed by atoms with Gasteiger partial charge in [-0.25, -0.2) is 0 Å². The van der Waals surface area contributed by atoms with Crippen LogP contribution in [0.1, 0.15) is 16.8 Å². The van der Waals surface area contributed by atoms with Crippen molar-refractivity contribution in [1.82, 2.24) is 15.2 Å². The van der Waals surface area contributed by atoms with E-state index in [0.717, 1.165) is 11.3 Å². The molecule has 26 heavy (non-hydrogen) atoms. The van der Waals surface area contributed by atoms with Gasteiger partial charge in [0.2, 0.25) is 5.91 Å². The van der Waals surface area contributed by atoms with Crippen LogP contribution in [0.15, 0.2) is 48.7 Å². The number of nitrogens with one attached hydrogen (secondary N) is 1. The lowest BCUT2D eigenvalue weighted by Gasteiger charge is -2.23. The summed E-state index contributed by atoms with van der Waals surface area (Å²) >= 11 is 0. The number of hydrogen-bond acceptors (Lipinski definition) is 4. The van der Waals surface area contributed by atoms with E-state index in [4.69, 9.17) is 4.74 Å². The minimum atomic E-state index is 0. The zero-order valence-electron chi connectivity index (χ0n) is 15.2. The molecule has 0 saturated heterocycles. The van der Waals surface area contributed by atoms with E-state index >= 15 is 0 Å². The molecule has 0 fully saturated rings. The zero-order chi connectivity index (χ0) is 17.2. The summed E-state index contributed by atoms with van der Waals surface area (Å²) < 4.78 is 4.99. The van der Waals surface area contributed by atoms with Crippen molar-refractivity contribution in [3.05, 3.63) is 65.5 Å². The molecule has 0 spiro atoms. The van der Waals surface area contributed by atoms with Gasteiger partial charge in [-0.1, -0.05) is 35.9 Å². The van der Waals surface area contributed by atoms with Crippen LogP contribution < -0.4 is 5.32 Å². The van der Waals surface area contributed by atoms with Crippen molar-refractivity contribution < 1.29 is 9.53 Å². The second-order valence-corrected chi connectivity index (χ2v) is 5.73. The van der Waals surface area contributed by atoms with E-state index in [2.05, 4.69) is 29.4 Å². The number of carbonyl (C=O) groups is 1. The van der Waals surface area contributed by atoms with Gasteiger partial charge >= 0.3 is 0 Å². The van der Waals surface area contributed by atoms with Crippen molar-refractivity contribution in [1.29, 1.82) is 0 Å². The van der Waals surface area contributed by atoms with Crippen molar-refractivity contribution >= 4 is 30.7 Å². The first-order chi connectivity index (χ1) is 11.7. The minimum Gasteiger partial charge on any atom is -0.383 e. The molecular formula is C19H27Cl2N3O2. The van der Waals surface area contributed by atoms with Gasteiger partial charge in [0.25, 0.3) is 0 Å². The van der Waals surface area contributed by atoms with Crippen molar-refractivity contribution in [3.63, 3.8) is 0 Å². The molecule has 2 aromatic rings. The van der Waals surface area contributed by atoms with Gasteiger partial charge in [0.05, 0.1) is 25.4 Å². The number of aryl methyl sites for hydroxylation is 1. The number of carbonyl (C=O) groups excluding carboxylic acids is 1. The molecule has 1 amide bonds. The Labute approximate surface area is 168 Å². The van der Waals surface area contributed by atoms with Gasteiger partial charge in [-0.15, -0.1) is 24.8 Å². The van der Waals surface area contributed by atoms with Gasteiger partial charge in [-0.3, -0.25) is 9.78 Å². The van der Waals surface area contributed by atoms with Crippen molar-refractivity contribution in [2.24, 2.45) is 0 Å². The molecule has 0 bridgehead atoms. The van der Waals surface area contributed by atoms with Gasteiger partial charge in [-0.2, -0.15) is 0 Å². The molecule has 1 aromatic heterocycles. The third-order valence-corrected chi connectivity index (χ3v) is 3.65. The van der Waals surface area contributed by atoms with Crippen LogP contribution in [0.2, 0.25) is 0 Å². The Kier molecular flexibility index (Phi) is 12.7. The van der Waals surface area contributed by atoms with Crippen LogP contribution in [0.25, 0.3) is 0 Å². The fraction of sp³-hybridized carbons (Fsp3) is 0.368. The Bertz CT molecular complexity index is 642. The standard InChI is InChI=1S/C19H25N3O2.2ClH/c1-16-6-5-7-17(12-16)14-22(15-18-8-3-4-9-21-18)19(23)13-20-10-11-24-2;;/h3-9,12,20H,10-11,13-15H2,1-2H3;2*1H. The Balaban J connectivity index is 0.00000312. The molecular weight excluding hydrogens is 373 g/mol. The highest BCUT2D eigenvalue weighted by Gasteiger charge is 2.15. The van der Waals surface area contributed by atoms with Gasteiger partial charge < -0.3 is 15.0 Å². The van der Waals surface area contributed by atoms with Gasteiger partial charge in [0, 0.05) is 26.4 Å². The van der Waals surface area contributed by atoms with Crippen LogP contribution in [0.3, 0.4) is 0 Å². The SMILES string of the molecule is COCCNCC(=O)N(Cc1cccc(C)c1)Cc1ccccn1.Cl.Cl. The average molecular weight is 400 g/mol. The zero-order valence-corrected chi connectivity index (χ0v) is 16.8. The lowest BCUT2D eigenvalue weighted by molar-refractivity contribution is -0.131. The van der Waals surface area contributed by atoms with Crippen LogP contribution in [0.4, 0.5) is 0 Å². The van der Waals surface area contributed by atoms with E-state index in [1.165, 1.54) is 5.56 Å². The first-order valence-electron chi connectivity index (χ1n) is 8.12. The number of amides is 1. The maximum absolute atomic E-state index is 12.6. The number of halogens is 2. The van der Waals surface area contributed by atoms with E-state index in [1.54, 1.807) is 13.3 Å². The number of rotatable bonds is 9. The number of aromatic nitrogens is 1. The molecule has 1 N–H and O–H groups in total. The summed E-state index contributed by atoms with van der Waals surface area (Å²) in [5.74, 6) is 0.0539. The molecule has 0 unspecified atom stereocenters. The second-order valence-electron chi connectivity index (χ2n) is 5.73. The van der Waals surface area contributed by atoms with Gasteiger partial charge in [0.1, 0.15) is 0 Å². The fourth-order valence-corrected chi connectivity index (χ4v) is 2.43. The number of benzene rings is 1. The normalized spacial score (nSPS) is 9.77. The Morgan fingerprint density at radius 2 is 1.96 bits per heavy atom. The molecule has 144 valence electrons. The van der Waals surface area contributed by atoms with Crippen molar-refractivity contribution in [2.75, 3.05) is 26.8 Å². The predicted octanol–water partition coefficient (Wildman–Crippen LogP) is 3.00. The summed E-state index contributed by atoms with van der Waals surface area (Å²) in [4.78, 5) is 18.8. The Morgan fingerprint density at radius 1 is 1.15 bits per heavy atom. The summed E-state index contributed by atoms with van der Waals surface area (Å²) in [6.45, 7) is 4.67. The van der Waals surface area contributed by atoms with E-state index in [-0.39, 0.29) is 30.7 Å². The monoisotopic (exact) mass is 399 g/mol. The molecule has 0 atom stereocenters. The molecule has 0 aliphatic rings. The Hall–Kier alpha value is -1.66. The van der Waals surface area contributed by atoms with Crippen LogP contribution >= 0.6 is 24.8 Å². The summed E-state index contributed by atoms with van der Waals surface area (Å²) in [7, 11) is 1.65. The Morgan fingerprint density at radius 3 is 2.62 bits per heavy atom. The molecule has 1 aromatic carbocycles. The number of methoxy groups -OCH3 is 1.